The van der Waals surface area contributed by atoms with Crippen molar-refractivity contribution < 1.29 is 50.5 Å². The first-order chi connectivity index (χ1) is 22.2. The summed E-state index contributed by atoms with van der Waals surface area (Å²) in [5, 5.41) is 0. The molecule has 0 atom stereocenters. The first-order valence-electron chi connectivity index (χ1n) is 15.7. The van der Waals surface area contributed by atoms with Crippen molar-refractivity contribution in [3.63, 3.8) is 0 Å². The molecule has 258 valence electrons. The fraction of sp³-hybridized carbons (Fsp3) is 0.500. The van der Waals surface area contributed by atoms with Gasteiger partial charge in [0.15, 0.2) is 0 Å². The third-order valence-electron chi connectivity index (χ3n) is 7.94. The molecule has 47 heavy (non-hydrogen) atoms. The van der Waals surface area contributed by atoms with Gasteiger partial charge in [0.25, 0.3) is 0 Å². The molecule has 3 rings (SSSR count). The summed E-state index contributed by atoms with van der Waals surface area (Å²) in [4.78, 5) is 36.7. The Hall–Kier alpha value is -4.16. The van der Waals surface area contributed by atoms with Gasteiger partial charge in [-0.15, -0.1) is 0 Å². The molecule has 2 aromatic carbocycles. The number of carbonyl (C=O) groups is 3. The highest BCUT2D eigenvalue weighted by molar-refractivity contribution is 5.91. The Morgan fingerprint density at radius 3 is 1.98 bits per heavy atom. The number of hydrogen-bond acceptors (Lipinski definition) is 8. The average Bonchev–Trinajstić information content (AvgIpc) is 3.01. The second-order valence-electron chi connectivity index (χ2n) is 11.7. The van der Waals surface area contributed by atoms with Crippen LogP contribution in [0.3, 0.4) is 0 Å². The highest BCUT2D eigenvalue weighted by atomic mass is 19.4. The van der Waals surface area contributed by atoms with E-state index in [0.717, 1.165) is 12.8 Å². The van der Waals surface area contributed by atoms with Crippen molar-refractivity contribution in [1.82, 2.24) is 0 Å². The zero-order chi connectivity index (χ0) is 34.5. The molecule has 0 bridgehead atoms. The van der Waals surface area contributed by atoms with Crippen LogP contribution in [0.25, 0.3) is 6.08 Å². The zero-order valence-corrected chi connectivity index (χ0v) is 26.0. The number of anilines is 2. The lowest BCUT2D eigenvalue weighted by molar-refractivity contribution is -0.284. The first kappa shape index (κ1) is 37.3. The van der Waals surface area contributed by atoms with Crippen LogP contribution in [-0.2, 0) is 19.1 Å². The van der Waals surface area contributed by atoms with Gasteiger partial charge in [-0.1, -0.05) is 18.6 Å². The topological polar surface area (TPSA) is 131 Å². The Morgan fingerprint density at radius 2 is 1.38 bits per heavy atom. The molecule has 2 aromatic rings. The summed E-state index contributed by atoms with van der Waals surface area (Å²) in [6.07, 6.45) is 1.14. The summed E-state index contributed by atoms with van der Waals surface area (Å²) in [5.41, 5.74) is 13.1. The quantitative estimate of drug-likeness (QED) is 0.0461. The molecular formula is C34H41F5N2O6. The number of nitrogens with two attached hydrogens (primary N) is 2. The normalized spacial score (nSPS) is 17.0. The number of nitrogen functional groups attached to an aromatic ring is 2. The largest absolute Gasteiger partial charge is 0.463 e. The molecule has 0 aromatic heterocycles. The lowest BCUT2D eigenvalue weighted by Gasteiger charge is -2.28. The van der Waals surface area contributed by atoms with Gasteiger partial charge in [-0.2, -0.15) is 22.0 Å². The van der Waals surface area contributed by atoms with E-state index in [9.17, 15) is 36.3 Å². The Morgan fingerprint density at radius 1 is 0.787 bits per heavy atom. The molecule has 0 aliphatic heterocycles. The molecule has 0 radical (unpaired) electrons. The Balaban J connectivity index is 1.25. The lowest BCUT2D eigenvalue weighted by atomic mass is 9.79. The molecule has 8 nitrogen and oxygen atoms in total. The molecule has 4 N–H and O–H groups in total. The van der Waals surface area contributed by atoms with Gasteiger partial charge in [-0.25, -0.2) is 9.59 Å². The van der Waals surface area contributed by atoms with Gasteiger partial charge < -0.3 is 25.7 Å². The van der Waals surface area contributed by atoms with E-state index in [0.29, 0.717) is 66.8 Å². The minimum Gasteiger partial charge on any atom is -0.463 e. The molecule has 0 heterocycles. The predicted molar refractivity (Wildman–Crippen MR) is 166 cm³/mol. The lowest BCUT2D eigenvalue weighted by Crippen LogP contribution is -2.36. The zero-order valence-electron chi connectivity index (χ0n) is 26.0. The summed E-state index contributed by atoms with van der Waals surface area (Å²) in [7, 11) is 0. The smallest absolute Gasteiger partial charge is 0.453 e. The van der Waals surface area contributed by atoms with Crippen LogP contribution in [0.5, 0.6) is 5.75 Å². The Labute approximate surface area is 270 Å². The standard InChI is InChI=1S/C34H41F5N2O6/c35-33(36,34(37,38)39)17-5-6-23-7-12-25(13-8-23)32(44)47-29-14-9-24(10-15-29)11-16-30(42)45-18-3-1-2-4-19-46-31(43)26-20-27(40)22-28(41)21-26/h9-11,14-16,20-23,25H,1-8,12-13,17-19,40-41H2/b16-11+. The van der Waals surface area contributed by atoms with E-state index in [1.807, 2.05) is 0 Å². The number of carbonyl (C=O) groups excluding carboxylic acids is 3. The van der Waals surface area contributed by atoms with Gasteiger partial charge in [0, 0.05) is 23.9 Å². The van der Waals surface area contributed by atoms with Crippen molar-refractivity contribution in [1.29, 1.82) is 0 Å². The third kappa shape index (κ3) is 12.9. The van der Waals surface area contributed by atoms with Crippen molar-refractivity contribution in [2.75, 3.05) is 24.7 Å². The van der Waals surface area contributed by atoms with E-state index in [2.05, 4.69) is 0 Å². The number of hydrogen-bond donors (Lipinski definition) is 2. The molecule has 1 fully saturated rings. The van der Waals surface area contributed by atoms with Crippen LogP contribution in [0.15, 0.2) is 48.5 Å². The van der Waals surface area contributed by atoms with E-state index >= 15 is 0 Å². The minimum atomic E-state index is -5.53. The van der Waals surface area contributed by atoms with Gasteiger partial charge in [-0.3, -0.25) is 4.79 Å². The van der Waals surface area contributed by atoms with Crippen molar-refractivity contribution >= 4 is 35.4 Å². The second-order valence-corrected chi connectivity index (χ2v) is 11.7. The van der Waals surface area contributed by atoms with Crippen LogP contribution in [0.2, 0.25) is 0 Å². The van der Waals surface area contributed by atoms with E-state index in [4.69, 9.17) is 25.7 Å². The van der Waals surface area contributed by atoms with Gasteiger partial charge in [0.2, 0.25) is 0 Å². The SMILES string of the molecule is Nc1cc(N)cc(C(=O)OCCCCCCOC(=O)/C=C/c2ccc(OC(=O)C3CCC(CCCC(F)(F)C(F)(F)F)CC3)cc2)c1. The van der Waals surface area contributed by atoms with Crippen LogP contribution in [0, 0.1) is 11.8 Å². The van der Waals surface area contributed by atoms with Crippen LogP contribution >= 0.6 is 0 Å². The van der Waals surface area contributed by atoms with Gasteiger partial charge >= 0.3 is 30.0 Å². The van der Waals surface area contributed by atoms with E-state index in [-0.39, 0.29) is 37.9 Å². The molecule has 0 unspecified atom stereocenters. The van der Waals surface area contributed by atoms with Crippen LogP contribution < -0.4 is 16.2 Å². The summed E-state index contributed by atoms with van der Waals surface area (Å²) in [5.74, 6) is -6.11. The molecular weight excluding hydrogens is 627 g/mol. The third-order valence-corrected chi connectivity index (χ3v) is 7.94. The summed E-state index contributed by atoms with van der Waals surface area (Å²) in [6, 6.07) is 11.1. The maximum Gasteiger partial charge on any atom is 0.453 e. The van der Waals surface area contributed by atoms with Crippen molar-refractivity contribution in [2.24, 2.45) is 11.8 Å². The monoisotopic (exact) mass is 668 g/mol. The number of alkyl halides is 5. The molecule has 0 amide bonds. The number of ether oxygens (including phenoxy) is 3. The molecule has 1 aliphatic rings. The number of halogens is 5. The van der Waals surface area contributed by atoms with Crippen molar-refractivity contribution in [2.45, 2.75) is 82.7 Å². The molecule has 0 saturated heterocycles. The molecule has 13 heteroatoms. The maximum absolute atomic E-state index is 13.1. The molecule has 0 spiro atoms. The predicted octanol–water partition coefficient (Wildman–Crippen LogP) is 7.90. The van der Waals surface area contributed by atoms with Crippen LogP contribution in [0.4, 0.5) is 33.3 Å². The van der Waals surface area contributed by atoms with Crippen molar-refractivity contribution in [3.05, 3.63) is 59.7 Å². The fourth-order valence-corrected chi connectivity index (χ4v) is 5.27. The van der Waals surface area contributed by atoms with E-state index < -0.39 is 36.4 Å². The Kier molecular flexibility index (Phi) is 14.0. The number of rotatable bonds is 16. The number of benzene rings is 2. The highest BCUT2D eigenvalue weighted by Gasteiger charge is 2.56. The van der Waals surface area contributed by atoms with Crippen LogP contribution in [-0.4, -0.2) is 43.2 Å². The van der Waals surface area contributed by atoms with E-state index in [1.54, 1.807) is 36.4 Å². The van der Waals surface area contributed by atoms with Crippen LogP contribution in [0.1, 0.15) is 86.6 Å². The summed E-state index contributed by atoms with van der Waals surface area (Å²) < 4.78 is 79.1. The number of unbranched alkanes of at least 4 members (excludes halogenated alkanes) is 3. The summed E-state index contributed by atoms with van der Waals surface area (Å²) in [6.45, 7) is 0.498. The van der Waals surface area contributed by atoms with Crippen molar-refractivity contribution in [3.8, 4) is 5.75 Å². The van der Waals surface area contributed by atoms with E-state index in [1.165, 1.54) is 18.2 Å². The van der Waals surface area contributed by atoms with Gasteiger partial charge in [0.05, 0.1) is 24.7 Å². The Bertz CT molecular complexity index is 1340. The average molecular weight is 669 g/mol. The molecule has 1 saturated carbocycles. The maximum atomic E-state index is 13.1. The second kappa shape index (κ2) is 17.7. The number of esters is 3. The highest BCUT2D eigenvalue weighted by Crippen LogP contribution is 2.40. The summed E-state index contributed by atoms with van der Waals surface area (Å²) >= 11 is 0. The van der Waals surface area contributed by atoms with Gasteiger partial charge in [-0.05, 0) is 106 Å². The minimum absolute atomic E-state index is 0.00648. The first-order valence-corrected chi connectivity index (χ1v) is 15.7. The fourth-order valence-electron chi connectivity index (χ4n) is 5.27. The molecule has 1 aliphatic carbocycles. The van der Waals surface area contributed by atoms with Gasteiger partial charge in [0.1, 0.15) is 5.75 Å².